The molecule has 0 radical (unpaired) electrons. The zero-order valence-corrected chi connectivity index (χ0v) is 18.1. The second-order valence-corrected chi connectivity index (χ2v) is 10.0. The molecule has 4 rings (SSSR count). The van der Waals surface area contributed by atoms with Crippen LogP contribution < -0.4 is 5.32 Å². The average Bonchev–Trinajstić information content (AvgIpc) is 3.48. The summed E-state index contributed by atoms with van der Waals surface area (Å²) in [6.07, 6.45) is 4.03. The van der Waals surface area contributed by atoms with Crippen molar-refractivity contribution >= 4 is 27.5 Å². The van der Waals surface area contributed by atoms with E-state index < -0.39 is 33.5 Å². The number of nitrogens with one attached hydrogen (secondary N) is 2. The van der Waals surface area contributed by atoms with Gasteiger partial charge in [0.05, 0.1) is 11.6 Å². The molecule has 3 heterocycles. The maximum Gasteiger partial charge on any atom is 0.270 e. The molecule has 11 heteroatoms. The Balaban J connectivity index is 1.45. The number of benzene rings is 1. The molecule has 1 aromatic carbocycles. The van der Waals surface area contributed by atoms with Crippen molar-refractivity contribution in [2.24, 2.45) is 5.92 Å². The molecule has 8 nitrogen and oxygen atoms in total. The van der Waals surface area contributed by atoms with Gasteiger partial charge in [0.15, 0.2) is 0 Å². The number of aromatic amines is 1. The third-order valence-electron chi connectivity index (χ3n) is 5.86. The van der Waals surface area contributed by atoms with E-state index in [0.717, 1.165) is 25.0 Å². The monoisotopic (exact) mass is 466 g/mol. The summed E-state index contributed by atoms with van der Waals surface area (Å²) < 4.78 is 54.3. The number of H-pyrrole nitrogens is 1. The summed E-state index contributed by atoms with van der Waals surface area (Å²) >= 11 is 0. The largest absolute Gasteiger partial charge is 0.356 e. The molecule has 0 bridgehead atoms. The van der Waals surface area contributed by atoms with Gasteiger partial charge in [0, 0.05) is 38.4 Å². The topological polar surface area (TPSA) is 103 Å². The van der Waals surface area contributed by atoms with Crippen LogP contribution >= 0.6 is 0 Å². The van der Waals surface area contributed by atoms with E-state index in [9.17, 15) is 26.8 Å². The predicted molar refractivity (Wildman–Crippen MR) is 112 cm³/mol. The van der Waals surface area contributed by atoms with Crippen molar-refractivity contribution in [3.05, 3.63) is 47.8 Å². The van der Waals surface area contributed by atoms with Crippen LogP contribution in [0.5, 0.6) is 0 Å². The molecule has 1 atom stereocenters. The van der Waals surface area contributed by atoms with Gasteiger partial charge in [-0.3, -0.25) is 9.59 Å². The van der Waals surface area contributed by atoms with Gasteiger partial charge >= 0.3 is 0 Å². The van der Waals surface area contributed by atoms with E-state index in [1.54, 1.807) is 4.90 Å². The molecule has 2 amide bonds. The maximum atomic E-state index is 13.8. The Bertz CT molecular complexity index is 1130. The van der Waals surface area contributed by atoms with Gasteiger partial charge in [-0.15, -0.1) is 0 Å². The van der Waals surface area contributed by atoms with E-state index in [1.165, 1.54) is 16.6 Å². The van der Waals surface area contributed by atoms with Crippen molar-refractivity contribution in [3.63, 3.8) is 0 Å². The zero-order valence-electron chi connectivity index (χ0n) is 17.3. The Labute approximate surface area is 184 Å². The third kappa shape index (κ3) is 4.53. The third-order valence-corrected chi connectivity index (χ3v) is 7.70. The minimum Gasteiger partial charge on any atom is -0.356 e. The lowest BCUT2D eigenvalue weighted by atomic mass is 9.98. The van der Waals surface area contributed by atoms with Crippen LogP contribution in [0.3, 0.4) is 0 Å². The summed E-state index contributed by atoms with van der Waals surface area (Å²) in [6.45, 7) is 1.46. The van der Waals surface area contributed by atoms with Crippen molar-refractivity contribution < 1.29 is 26.8 Å². The smallest absolute Gasteiger partial charge is 0.270 e. The number of likely N-dealkylation sites (tertiary alicyclic amines) is 1. The standard InChI is InChI=1S/C21H24F2N4O4S/c22-15-5-6-18(17(23)10-15)25-20(28)14-4-3-9-27(13-14)32(30,31)16-11-19(24-12-16)21(29)26-7-1-2-8-26/h5-6,10-12,14,24H,1-4,7-9,13H2,(H,25,28)/t14-/m1/s1. The number of carbonyl (C=O) groups excluding carboxylic acids is 2. The van der Waals surface area contributed by atoms with Crippen LogP contribution in [0.1, 0.15) is 36.2 Å². The number of aromatic nitrogens is 1. The molecular formula is C21H24F2N4O4S. The lowest BCUT2D eigenvalue weighted by Gasteiger charge is -2.31. The van der Waals surface area contributed by atoms with Crippen molar-refractivity contribution in [3.8, 4) is 0 Å². The summed E-state index contributed by atoms with van der Waals surface area (Å²) in [5.41, 5.74) is 0.0515. The number of amides is 2. The summed E-state index contributed by atoms with van der Waals surface area (Å²) in [7, 11) is -3.92. The van der Waals surface area contributed by atoms with Gasteiger partial charge < -0.3 is 15.2 Å². The van der Waals surface area contributed by atoms with Gasteiger partial charge in [-0.1, -0.05) is 0 Å². The van der Waals surface area contributed by atoms with E-state index in [-0.39, 0.29) is 35.3 Å². The highest BCUT2D eigenvalue weighted by Crippen LogP contribution is 2.26. The maximum absolute atomic E-state index is 13.8. The number of rotatable bonds is 5. The number of hydrogen-bond donors (Lipinski definition) is 2. The van der Waals surface area contributed by atoms with E-state index in [2.05, 4.69) is 10.3 Å². The molecule has 0 aliphatic carbocycles. The Morgan fingerprint density at radius 3 is 2.53 bits per heavy atom. The van der Waals surface area contributed by atoms with Crippen molar-refractivity contribution in [1.82, 2.24) is 14.2 Å². The zero-order chi connectivity index (χ0) is 22.9. The first-order valence-corrected chi connectivity index (χ1v) is 11.9. The lowest BCUT2D eigenvalue weighted by molar-refractivity contribution is -0.120. The fourth-order valence-electron chi connectivity index (χ4n) is 4.09. The van der Waals surface area contributed by atoms with Crippen LogP contribution in [0.4, 0.5) is 14.5 Å². The number of piperidine rings is 1. The van der Waals surface area contributed by atoms with Crippen LogP contribution in [0, 0.1) is 17.6 Å². The lowest BCUT2D eigenvalue weighted by Crippen LogP contribution is -2.43. The number of hydrogen-bond acceptors (Lipinski definition) is 4. The highest BCUT2D eigenvalue weighted by Gasteiger charge is 2.34. The molecule has 2 saturated heterocycles. The number of carbonyl (C=O) groups is 2. The Morgan fingerprint density at radius 1 is 1.06 bits per heavy atom. The molecule has 32 heavy (non-hydrogen) atoms. The first-order chi connectivity index (χ1) is 15.3. The van der Waals surface area contributed by atoms with Crippen molar-refractivity contribution in [2.45, 2.75) is 30.6 Å². The summed E-state index contributed by atoms with van der Waals surface area (Å²) in [5, 5.41) is 2.41. The Hall–Kier alpha value is -2.79. The molecule has 0 unspecified atom stereocenters. The van der Waals surface area contributed by atoms with Gasteiger partial charge in [0.25, 0.3) is 5.91 Å². The van der Waals surface area contributed by atoms with Crippen molar-refractivity contribution in [1.29, 1.82) is 0 Å². The van der Waals surface area contributed by atoms with E-state index in [4.69, 9.17) is 0 Å². The van der Waals surface area contributed by atoms with Crippen molar-refractivity contribution in [2.75, 3.05) is 31.5 Å². The highest BCUT2D eigenvalue weighted by molar-refractivity contribution is 7.89. The number of anilines is 1. The molecular weight excluding hydrogens is 442 g/mol. The van der Waals surface area contributed by atoms with Gasteiger partial charge in [-0.2, -0.15) is 4.31 Å². The van der Waals surface area contributed by atoms with Gasteiger partial charge in [-0.05, 0) is 43.9 Å². The second kappa shape index (κ2) is 8.99. The van der Waals surface area contributed by atoms with Crippen LogP contribution in [0.25, 0.3) is 0 Å². The number of halogens is 2. The first kappa shape index (κ1) is 22.4. The molecule has 2 aliphatic rings. The minimum atomic E-state index is -3.92. The molecule has 0 spiro atoms. The molecule has 1 aromatic heterocycles. The number of nitrogens with zero attached hydrogens (tertiary/aromatic N) is 2. The Kier molecular flexibility index (Phi) is 6.29. The van der Waals surface area contributed by atoms with Crippen LogP contribution in [0.15, 0.2) is 35.4 Å². The fourth-order valence-corrected chi connectivity index (χ4v) is 5.61. The molecule has 2 aliphatic heterocycles. The van der Waals surface area contributed by atoms with Crippen LogP contribution in [-0.4, -0.2) is 60.6 Å². The average molecular weight is 467 g/mol. The number of sulfonamides is 1. The summed E-state index contributed by atoms with van der Waals surface area (Å²) in [5.74, 6) is -3.12. The molecule has 0 saturated carbocycles. The van der Waals surface area contributed by atoms with Crippen LogP contribution in [-0.2, 0) is 14.8 Å². The summed E-state index contributed by atoms with van der Waals surface area (Å²) in [4.78, 5) is 29.5. The van der Waals surface area contributed by atoms with E-state index in [1.807, 2.05) is 0 Å². The molecule has 172 valence electrons. The first-order valence-electron chi connectivity index (χ1n) is 10.5. The SMILES string of the molecule is O=C(Nc1ccc(F)cc1F)[C@@H]1CCCN(S(=O)(=O)c2c[nH]c(C(=O)N3CCCC3)c2)C1. The predicted octanol–water partition coefficient (Wildman–Crippen LogP) is 2.57. The Morgan fingerprint density at radius 2 is 1.81 bits per heavy atom. The van der Waals surface area contributed by atoms with Gasteiger partial charge in [0.1, 0.15) is 22.2 Å². The van der Waals surface area contributed by atoms with E-state index in [0.29, 0.717) is 32.0 Å². The molecule has 2 aromatic rings. The quantitative estimate of drug-likeness (QED) is 0.707. The summed E-state index contributed by atoms with van der Waals surface area (Å²) in [6, 6.07) is 4.15. The highest BCUT2D eigenvalue weighted by atomic mass is 32.2. The van der Waals surface area contributed by atoms with E-state index >= 15 is 0 Å². The van der Waals surface area contributed by atoms with Gasteiger partial charge in [0.2, 0.25) is 15.9 Å². The fraction of sp³-hybridized carbons (Fsp3) is 0.429. The minimum absolute atomic E-state index is 0.0364. The van der Waals surface area contributed by atoms with Gasteiger partial charge in [-0.25, -0.2) is 17.2 Å². The molecule has 2 N–H and O–H groups in total. The second-order valence-electron chi connectivity index (χ2n) is 8.06. The normalized spacial score (nSPS) is 19.8. The van der Waals surface area contributed by atoms with Crippen LogP contribution in [0.2, 0.25) is 0 Å². The molecule has 2 fully saturated rings.